The molecule has 7 rings (SSSR count). The number of aryl methyl sites for hydroxylation is 1. The molecule has 1 spiro atoms. The fourth-order valence-corrected chi connectivity index (χ4v) is 8.55. The molecule has 0 saturated carbocycles. The van der Waals surface area contributed by atoms with Crippen molar-refractivity contribution in [1.29, 1.82) is 0 Å². The number of anilines is 2. The number of thioether (sulfide) groups is 1. The van der Waals surface area contributed by atoms with E-state index in [0.717, 1.165) is 43.0 Å². The average Bonchev–Trinajstić information content (AvgIpc) is 3.45. The smallest absolute Gasteiger partial charge is 0.269 e. The van der Waals surface area contributed by atoms with E-state index in [1.54, 1.807) is 4.90 Å². The minimum Gasteiger partial charge on any atom is -0.295 e. The van der Waals surface area contributed by atoms with Crippen molar-refractivity contribution in [3.05, 3.63) is 130 Å². The molecular formula is C36H35ClN4O2S. The molecule has 0 aliphatic carbocycles. The first-order valence-corrected chi connectivity index (χ1v) is 16.4. The van der Waals surface area contributed by atoms with Gasteiger partial charge in [0, 0.05) is 42.5 Å². The van der Waals surface area contributed by atoms with Crippen LogP contribution in [-0.4, -0.2) is 59.7 Å². The molecule has 2 unspecified atom stereocenters. The van der Waals surface area contributed by atoms with Gasteiger partial charge in [-0.2, -0.15) is 0 Å². The Hall–Kier alpha value is -3.62. The van der Waals surface area contributed by atoms with Crippen molar-refractivity contribution < 1.29 is 9.59 Å². The molecule has 2 amide bonds. The van der Waals surface area contributed by atoms with Crippen molar-refractivity contribution in [1.82, 2.24) is 9.80 Å². The van der Waals surface area contributed by atoms with Crippen LogP contribution in [0.15, 0.2) is 103 Å². The molecule has 4 aromatic rings. The van der Waals surface area contributed by atoms with Crippen LogP contribution < -0.4 is 9.80 Å². The van der Waals surface area contributed by atoms with Gasteiger partial charge in [0.1, 0.15) is 0 Å². The molecule has 3 heterocycles. The van der Waals surface area contributed by atoms with Crippen LogP contribution in [0.4, 0.5) is 11.4 Å². The fraction of sp³-hybridized carbons (Fsp3) is 0.278. The molecule has 3 aliphatic heterocycles. The van der Waals surface area contributed by atoms with Crippen molar-refractivity contribution in [2.24, 2.45) is 0 Å². The monoisotopic (exact) mass is 622 g/mol. The van der Waals surface area contributed by atoms with Crippen molar-refractivity contribution in [3.8, 4) is 0 Å². The fourth-order valence-electron chi connectivity index (χ4n) is 6.85. The zero-order valence-corrected chi connectivity index (χ0v) is 26.5. The summed E-state index contributed by atoms with van der Waals surface area (Å²) in [5, 5.41) is 0.205. The molecule has 224 valence electrons. The van der Waals surface area contributed by atoms with E-state index in [-0.39, 0.29) is 23.1 Å². The van der Waals surface area contributed by atoms with Crippen LogP contribution in [0.1, 0.15) is 35.2 Å². The van der Waals surface area contributed by atoms with Gasteiger partial charge in [-0.1, -0.05) is 96.5 Å². The maximum absolute atomic E-state index is 14.7. The summed E-state index contributed by atoms with van der Waals surface area (Å²) in [7, 11) is 0. The second kappa shape index (κ2) is 11.7. The van der Waals surface area contributed by atoms with Gasteiger partial charge in [0.05, 0.1) is 23.6 Å². The van der Waals surface area contributed by atoms with Gasteiger partial charge in [-0.15, -0.1) is 11.8 Å². The van der Waals surface area contributed by atoms with Crippen LogP contribution in [0.2, 0.25) is 5.02 Å². The lowest BCUT2D eigenvalue weighted by atomic mass is 9.96. The molecule has 0 bridgehead atoms. The molecule has 2 saturated heterocycles. The summed E-state index contributed by atoms with van der Waals surface area (Å²) in [5.74, 6) is -0.159. The van der Waals surface area contributed by atoms with E-state index in [4.69, 9.17) is 11.6 Å². The molecule has 0 radical (unpaired) electrons. The van der Waals surface area contributed by atoms with E-state index in [0.29, 0.717) is 17.4 Å². The number of piperazine rings is 1. The molecule has 3 aliphatic rings. The van der Waals surface area contributed by atoms with Crippen LogP contribution in [0.5, 0.6) is 0 Å². The molecule has 2 atom stereocenters. The summed E-state index contributed by atoms with van der Waals surface area (Å²) >= 11 is 7.95. The number of hydrogen-bond donors (Lipinski definition) is 0. The van der Waals surface area contributed by atoms with E-state index in [1.807, 2.05) is 61.2 Å². The lowest BCUT2D eigenvalue weighted by molar-refractivity contribution is -0.124. The van der Waals surface area contributed by atoms with Gasteiger partial charge < -0.3 is 0 Å². The van der Waals surface area contributed by atoms with Crippen LogP contribution >= 0.6 is 23.4 Å². The minimum atomic E-state index is -1.17. The number of amides is 2. The third-order valence-electron chi connectivity index (χ3n) is 9.08. The standard InChI is InChI=1S/C36H35ClN4O2S/c1-25-17-18-29(23-31(25)37)41-34(42)26(2)44-36(41)30-15-9-10-16-32(30)40(35(36)43)24-38-19-21-39(22-20-38)33(27-11-5-3-6-12-27)28-13-7-4-8-14-28/h3-18,23,26,33H,19-22,24H2,1-2H3. The van der Waals surface area contributed by atoms with Crippen molar-refractivity contribution in [2.45, 2.75) is 30.0 Å². The molecule has 6 nitrogen and oxygen atoms in total. The van der Waals surface area contributed by atoms with Crippen LogP contribution in [0, 0.1) is 6.92 Å². The first-order valence-electron chi connectivity index (χ1n) is 15.1. The number of rotatable bonds is 6. The average molecular weight is 623 g/mol. The van der Waals surface area contributed by atoms with Gasteiger partial charge in [-0.05, 0) is 48.7 Å². The molecule has 2 fully saturated rings. The highest BCUT2D eigenvalue weighted by Crippen LogP contribution is 2.58. The number of carbonyl (C=O) groups is 2. The van der Waals surface area contributed by atoms with Crippen LogP contribution in [-0.2, 0) is 14.5 Å². The lowest BCUT2D eigenvalue weighted by Crippen LogP contribution is -2.54. The van der Waals surface area contributed by atoms with Gasteiger partial charge in [-0.3, -0.25) is 29.2 Å². The summed E-state index contributed by atoms with van der Waals surface area (Å²) in [6.45, 7) is 7.70. The number of benzene rings is 4. The first kappa shape index (κ1) is 29.1. The summed E-state index contributed by atoms with van der Waals surface area (Å²) in [6.07, 6.45) is 0. The van der Waals surface area contributed by atoms with Gasteiger partial charge >= 0.3 is 0 Å². The molecule has 8 heteroatoms. The van der Waals surface area contributed by atoms with E-state index >= 15 is 0 Å². The SMILES string of the molecule is Cc1ccc(N2C(=O)C(C)SC23C(=O)N(CN2CCN(C(c4ccccc4)c4ccccc4)CC2)c2ccccc23)cc1Cl. The predicted molar refractivity (Wildman–Crippen MR) is 179 cm³/mol. The van der Waals surface area contributed by atoms with Crippen LogP contribution in [0.3, 0.4) is 0 Å². The van der Waals surface area contributed by atoms with Crippen molar-refractivity contribution >= 4 is 46.6 Å². The summed E-state index contributed by atoms with van der Waals surface area (Å²) < 4.78 is 0. The summed E-state index contributed by atoms with van der Waals surface area (Å²) in [4.78, 5) is 35.7. The zero-order valence-electron chi connectivity index (χ0n) is 24.9. The molecule has 0 N–H and O–H groups in total. The van der Waals surface area contributed by atoms with Gasteiger partial charge in [0.15, 0.2) is 0 Å². The maximum Gasteiger partial charge on any atom is 0.269 e. The molecule has 44 heavy (non-hydrogen) atoms. The van der Waals surface area contributed by atoms with Gasteiger partial charge in [0.2, 0.25) is 10.8 Å². The van der Waals surface area contributed by atoms with E-state index in [1.165, 1.54) is 22.9 Å². The molecule has 0 aromatic heterocycles. The minimum absolute atomic E-state index is 0.0769. The lowest BCUT2D eigenvalue weighted by Gasteiger charge is -2.41. The number of halogens is 1. The van der Waals surface area contributed by atoms with E-state index < -0.39 is 4.87 Å². The first-order chi connectivity index (χ1) is 21.4. The molecule has 4 aromatic carbocycles. The Morgan fingerprint density at radius 2 is 1.45 bits per heavy atom. The highest BCUT2D eigenvalue weighted by atomic mass is 35.5. The number of hydrogen-bond acceptors (Lipinski definition) is 5. The predicted octanol–water partition coefficient (Wildman–Crippen LogP) is 6.68. The van der Waals surface area contributed by atoms with Gasteiger partial charge in [0.25, 0.3) is 5.91 Å². The van der Waals surface area contributed by atoms with Crippen molar-refractivity contribution in [2.75, 3.05) is 42.6 Å². The Labute approximate surface area is 268 Å². The largest absolute Gasteiger partial charge is 0.295 e. The zero-order chi connectivity index (χ0) is 30.4. The third-order valence-corrected chi connectivity index (χ3v) is 11.0. The Morgan fingerprint density at radius 3 is 2.09 bits per heavy atom. The highest BCUT2D eigenvalue weighted by molar-refractivity contribution is 8.03. The second-order valence-corrected chi connectivity index (χ2v) is 13.7. The Bertz CT molecular complexity index is 1660. The Morgan fingerprint density at radius 1 is 0.841 bits per heavy atom. The quantitative estimate of drug-likeness (QED) is 0.240. The Kier molecular flexibility index (Phi) is 7.75. The van der Waals surface area contributed by atoms with Crippen molar-refractivity contribution in [3.63, 3.8) is 0 Å². The van der Waals surface area contributed by atoms with Gasteiger partial charge in [-0.25, -0.2) is 0 Å². The summed E-state index contributed by atoms with van der Waals surface area (Å²) in [5.41, 5.74) is 5.86. The van der Waals surface area contributed by atoms with E-state index in [9.17, 15) is 9.59 Å². The van der Waals surface area contributed by atoms with Crippen LogP contribution in [0.25, 0.3) is 0 Å². The maximum atomic E-state index is 14.7. The topological polar surface area (TPSA) is 47.1 Å². The number of para-hydroxylation sites is 1. The summed E-state index contributed by atoms with van der Waals surface area (Å²) in [6, 6.07) is 35.1. The normalized spacial score (nSPS) is 22.4. The highest BCUT2D eigenvalue weighted by Gasteiger charge is 2.63. The number of carbonyl (C=O) groups excluding carboxylic acids is 2. The van der Waals surface area contributed by atoms with E-state index in [2.05, 4.69) is 70.5 Å². The molecular weight excluding hydrogens is 588 g/mol. The number of fused-ring (bicyclic) bond motifs is 2. The Balaban J connectivity index is 1.16. The third kappa shape index (κ3) is 4.83. The second-order valence-electron chi connectivity index (χ2n) is 11.8. The number of nitrogens with zero attached hydrogens (tertiary/aromatic N) is 4.